The van der Waals surface area contributed by atoms with E-state index in [0.717, 1.165) is 45.0 Å². The molecule has 39 heavy (non-hydrogen) atoms. The van der Waals surface area contributed by atoms with Crippen LogP contribution in [-0.2, 0) is 42.3 Å². The topological polar surface area (TPSA) is 112 Å². The van der Waals surface area contributed by atoms with E-state index in [4.69, 9.17) is 24.8 Å². The predicted molar refractivity (Wildman–Crippen MR) is 127 cm³/mol. The molecule has 0 amide bonds. The van der Waals surface area contributed by atoms with Gasteiger partial charge in [-0.1, -0.05) is 12.1 Å². The molecule has 3 aromatic heterocycles. The largest absolute Gasteiger partial charge is 0.490 e. The highest BCUT2D eigenvalue weighted by Crippen LogP contribution is 2.19. The van der Waals surface area contributed by atoms with Crippen LogP contribution in [0.15, 0.2) is 48.2 Å². The average Bonchev–Trinajstić information content (AvgIpc) is 3.48. The van der Waals surface area contributed by atoms with Crippen LogP contribution in [0.3, 0.4) is 0 Å². The van der Waals surface area contributed by atoms with Crippen LogP contribution in [0.5, 0.6) is 0 Å². The van der Waals surface area contributed by atoms with Crippen molar-refractivity contribution in [3.8, 4) is 0 Å². The Bertz CT molecular complexity index is 1160. The molecular weight excluding hydrogens is 556 g/mol. The third-order valence-corrected chi connectivity index (χ3v) is 5.84. The minimum absolute atomic E-state index is 0.861. The lowest BCUT2D eigenvalue weighted by atomic mass is 10.2. The smallest absolute Gasteiger partial charge is 0.475 e. The second-order valence-corrected chi connectivity index (χ2v) is 9.30. The molecule has 2 N–H and O–H groups in total. The number of fused-ring (bicyclic) bond motifs is 1. The number of hydrogen-bond acceptors (Lipinski definition) is 7. The molecule has 0 aromatic carbocycles. The Morgan fingerprint density at radius 3 is 2.18 bits per heavy atom. The van der Waals surface area contributed by atoms with Gasteiger partial charge in [-0.15, -0.1) is 11.3 Å². The van der Waals surface area contributed by atoms with E-state index in [-0.39, 0.29) is 0 Å². The fourth-order valence-electron chi connectivity index (χ4n) is 3.33. The first-order chi connectivity index (χ1) is 18.1. The van der Waals surface area contributed by atoms with Crippen LogP contribution in [-0.4, -0.2) is 72.4 Å². The molecule has 4 rings (SSSR count). The number of nitrogens with zero attached hydrogens (tertiary/aromatic N) is 5. The van der Waals surface area contributed by atoms with Gasteiger partial charge in [0.1, 0.15) is 5.82 Å². The molecule has 3 aromatic rings. The molecule has 0 unspecified atom stereocenters. The molecule has 214 valence electrons. The monoisotopic (exact) mass is 581 g/mol. The number of carbonyl (C=O) groups is 2. The van der Waals surface area contributed by atoms with E-state index in [0.29, 0.717) is 0 Å². The second-order valence-electron chi connectivity index (χ2n) is 8.27. The van der Waals surface area contributed by atoms with Crippen LogP contribution in [0.25, 0.3) is 0 Å². The molecule has 0 saturated heterocycles. The van der Waals surface area contributed by atoms with Gasteiger partial charge < -0.3 is 14.8 Å². The van der Waals surface area contributed by atoms with Crippen LogP contribution in [0.2, 0.25) is 0 Å². The number of halogens is 6. The highest BCUT2D eigenvalue weighted by atomic mass is 32.1. The highest BCUT2D eigenvalue weighted by Gasteiger charge is 2.38. The maximum Gasteiger partial charge on any atom is 0.490 e. The number of carboxylic acids is 2. The summed E-state index contributed by atoms with van der Waals surface area (Å²) in [6.07, 6.45) is -4.20. The molecule has 0 aliphatic carbocycles. The number of imidazole rings is 1. The first-order valence-corrected chi connectivity index (χ1v) is 12.0. The summed E-state index contributed by atoms with van der Waals surface area (Å²) >= 11 is 1.83. The number of aromatic nitrogens is 3. The van der Waals surface area contributed by atoms with E-state index in [1.54, 1.807) is 0 Å². The van der Waals surface area contributed by atoms with Gasteiger partial charge in [0.25, 0.3) is 0 Å². The number of carboxylic acid groups (broad SMARTS) is 2. The van der Waals surface area contributed by atoms with Crippen molar-refractivity contribution in [3.05, 3.63) is 70.2 Å². The highest BCUT2D eigenvalue weighted by molar-refractivity contribution is 7.09. The van der Waals surface area contributed by atoms with Crippen molar-refractivity contribution in [1.29, 1.82) is 0 Å². The van der Waals surface area contributed by atoms with Gasteiger partial charge in [-0.2, -0.15) is 26.3 Å². The van der Waals surface area contributed by atoms with Gasteiger partial charge in [0, 0.05) is 56.2 Å². The molecular formula is C23H25F6N5O4S. The summed E-state index contributed by atoms with van der Waals surface area (Å²) in [6, 6.07) is 8.44. The maximum atomic E-state index is 10.6. The standard InChI is InChI=1S/C19H23N5S.2C2HF3O2/c1-22(11-16-4-2-6-20-10-16)12-17-13-24-8-7-23(15-19(24)21-17)14-18-5-3-9-25-18;2*3-2(4,5)1(6)7/h2-6,9-10,13H,7-8,11-12,14-15H2,1H3;2*(H,6,7). The number of pyridine rings is 1. The zero-order valence-corrected chi connectivity index (χ0v) is 21.3. The summed E-state index contributed by atoms with van der Waals surface area (Å²) in [6.45, 7) is 5.83. The van der Waals surface area contributed by atoms with Crippen LogP contribution in [0, 0.1) is 0 Å². The minimum Gasteiger partial charge on any atom is -0.475 e. The molecule has 0 fully saturated rings. The lowest BCUT2D eigenvalue weighted by Crippen LogP contribution is -2.32. The summed E-state index contributed by atoms with van der Waals surface area (Å²) in [7, 11) is 2.13. The summed E-state index contributed by atoms with van der Waals surface area (Å²) < 4.78 is 65.8. The molecule has 16 heteroatoms. The Kier molecular flexibility index (Phi) is 11.4. The van der Waals surface area contributed by atoms with Crippen molar-refractivity contribution < 1.29 is 46.1 Å². The zero-order valence-electron chi connectivity index (χ0n) is 20.5. The molecule has 4 heterocycles. The molecule has 1 aliphatic rings. The van der Waals surface area contributed by atoms with Crippen molar-refractivity contribution in [2.45, 2.75) is 45.1 Å². The lowest BCUT2D eigenvalue weighted by molar-refractivity contribution is -0.193. The van der Waals surface area contributed by atoms with Gasteiger partial charge >= 0.3 is 24.3 Å². The second kappa shape index (κ2) is 14.0. The zero-order chi connectivity index (χ0) is 29.2. The van der Waals surface area contributed by atoms with E-state index in [2.05, 4.69) is 56.2 Å². The molecule has 0 spiro atoms. The van der Waals surface area contributed by atoms with E-state index in [9.17, 15) is 26.3 Å². The van der Waals surface area contributed by atoms with Crippen LogP contribution in [0.1, 0.15) is 22.0 Å². The van der Waals surface area contributed by atoms with Crippen molar-refractivity contribution in [2.75, 3.05) is 13.6 Å². The van der Waals surface area contributed by atoms with Gasteiger partial charge in [-0.25, -0.2) is 14.6 Å². The first-order valence-electron chi connectivity index (χ1n) is 11.1. The van der Waals surface area contributed by atoms with E-state index < -0.39 is 24.3 Å². The third kappa shape index (κ3) is 11.4. The number of hydrogen-bond donors (Lipinski definition) is 2. The maximum absolute atomic E-state index is 10.6. The molecule has 0 atom stereocenters. The van der Waals surface area contributed by atoms with Crippen LogP contribution in [0.4, 0.5) is 26.3 Å². The van der Waals surface area contributed by atoms with Gasteiger partial charge in [0.2, 0.25) is 0 Å². The van der Waals surface area contributed by atoms with Crippen LogP contribution < -0.4 is 0 Å². The van der Waals surface area contributed by atoms with Crippen molar-refractivity contribution in [2.24, 2.45) is 0 Å². The normalized spacial score (nSPS) is 13.5. The summed E-state index contributed by atoms with van der Waals surface area (Å²) in [5.41, 5.74) is 2.38. The Labute approximate surface area is 222 Å². The minimum atomic E-state index is -5.08. The predicted octanol–water partition coefficient (Wildman–Crippen LogP) is 4.25. The van der Waals surface area contributed by atoms with E-state index >= 15 is 0 Å². The SMILES string of the molecule is CN(Cc1cccnc1)Cc1cn2c(n1)CN(Cc1cccs1)CC2.O=C(O)C(F)(F)F.O=C(O)C(F)(F)F. The van der Waals surface area contributed by atoms with Crippen molar-refractivity contribution in [1.82, 2.24) is 24.3 Å². The van der Waals surface area contributed by atoms with Gasteiger partial charge in [-0.05, 0) is 30.1 Å². The summed E-state index contributed by atoms with van der Waals surface area (Å²) in [4.78, 5) is 33.1. The van der Waals surface area contributed by atoms with Gasteiger partial charge in [-0.3, -0.25) is 14.8 Å². The third-order valence-electron chi connectivity index (χ3n) is 4.98. The molecule has 0 radical (unpaired) electrons. The average molecular weight is 582 g/mol. The molecule has 0 bridgehead atoms. The first kappa shape index (κ1) is 31.7. The van der Waals surface area contributed by atoms with Crippen LogP contribution >= 0.6 is 11.3 Å². The lowest BCUT2D eigenvalue weighted by Gasteiger charge is -2.26. The quantitative estimate of drug-likeness (QED) is 0.416. The summed E-state index contributed by atoms with van der Waals surface area (Å²) in [5, 5.41) is 16.4. The van der Waals surface area contributed by atoms with Crippen molar-refractivity contribution in [3.63, 3.8) is 0 Å². The fraction of sp³-hybridized carbons (Fsp3) is 0.391. The van der Waals surface area contributed by atoms with E-state index in [1.807, 2.05) is 29.8 Å². The van der Waals surface area contributed by atoms with Crippen molar-refractivity contribution >= 4 is 23.3 Å². The molecule has 9 nitrogen and oxygen atoms in total. The summed E-state index contributed by atoms with van der Waals surface area (Å²) in [5.74, 6) is -4.33. The van der Waals surface area contributed by atoms with Gasteiger partial charge in [0.15, 0.2) is 0 Å². The fourth-order valence-corrected chi connectivity index (χ4v) is 4.08. The number of rotatable bonds is 6. The van der Waals surface area contributed by atoms with Gasteiger partial charge in [0.05, 0.1) is 12.2 Å². The number of aliphatic carboxylic acids is 2. The Morgan fingerprint density at radius 2 is 1.67 bits per heavy atom. The Balaban J connectivity index is 0.000000317. The number of thiophene rings is 1. The Morgan fingerprint density at radius 1 is 1.03 bits per heavy atom. The Hall–Kier alpha value is -3.50. The molecule has 1 aliphatic heterocycles. The van der Waals surface area contributed by atoms with E-state index in [1.165, 1.54) is 16.3 Å². The number of alkyl halides is 6. The molecule has 0 saturated carbocycles.